The molecular weight excluding hydrogens is 368 g/mol. The van der Waals surface area contributed by atoms with Gasteiger partial charge < -0.3 is 34.6 Å². The van der Waals surface area contributed by atoms with E-state index in [0.717, 1.165) is 11.1 Å². The first kappa shape index (κ1) is 20.2. The maximum Gasteiger partial charge on any atom is 0.337 e. The minimum atomic E-state index is -1.50. The fourth-order valence-electron chi connectivity index (χ4n) is 2.97. The van der Waals surface area contributed by atoms with Crippen LogP contribution < -0.4 is 4.74 Å². The summed E-state index contributed by atoms with van der Waals surface area (Å²) in [4.78, 5) is 11.7. The molecule has 2 aromatic carbocycles. The zero-order valence-electron chi connectivity index (χ0n) is 15.1. The summed E-state index contributed by atoms with van der Waals surface area (Å²) in [5.41, 5.74) is 2.07. The van der Waals surface area contributed by atoms with Gasteiger partial charge in [0.1, 0.15) is 30.2 Å². The molecule has 0 aliphatic carbocycles. The Morgan fingerprint density at radius 3 is 2.36 bits per heavy atom. The van der Waals surface area contributed by atoms with Crippen LogP contribution in [0.25, 0.3) is 11.1 Å². The van der Waals surface area contributed by atoms with Gasteiger partial charge >= 0.3 is 5.97 Å². The quantitative estimate of drug-likeness (QED) is 0.538. The van der Waals surface area contributed by atoms with E-state index in [9.17, 15) is 25.2 Å². The van der Waals surface area contributed by atoms with E-state index in [1.165, 1.54) is 7.11 Å². The summed E-state index contributed by atoms with van der Waals surface area (Å²) in [7, 11) is 1.32. The molecule has 2 aromatic rings. The van der Waals surface area contributed by atoms with Crippen molar-refractivity contribution in [2.45, 2.75) is 30.7 Å². The third kappa shape index (κ3) is 4.16. The van der Waals surface area contributed by atoms with E-state index >= 15 is 0 Å². The highest BCUT2D eigenvalue weighted by Crippen LogP contribution is 2.27. The predicted octanol–water partition coefficient (Wildman–Crippen LogP) is 0.319. The number of hydrogen-bond donors (Lipinski definition) is 4. The van der Waals surface area contributed by atoms with Crippen molar-refractivity contribution >= 4 is 5.97 Å². The lowest BCUT2D eigenvalue weighted by Gasteiger charge is -2.39. The van der Waals surface area contributed by atoms with Crippen LogP contribution in [0.15, 0.2) is 48.5 Å². The van der Waals surface area contributed by atoms with Gasteiger partial charge in [0, 0.05) is 0 Å². The van der Waals surface area contributed by atoms with Crippen molar-refractivity contribution in [3.05, 3.63) is 54.1 Å². The zero-order valence-corrected chi connectivity index (χ0v) is 15.1. The number of carbonyl (C=O) groups is 1. The molecule has 0 saturated carbocycles. The normalized spacial score (nSPS) is 27.2. The van der Waals surface area contributed by atoms with E-state index < -0.39 is 43.3 Å². The average Bonchev–Trinajstić information content (AvgIpc) is 2.74. The Hall–Kier alpha value is -2.49. The molecule has 8 heteroatoms. The number of carbonyl (C=O) groups excluding carboxylic acids is 1. The molecule has 1 aliphatic heterocycles. The van der Waals surface area contributed by atoms with Gasteiger partial charge in [-0.2, -0.15) is 0 Å². The lowest BCUT2D eigenvalue weighted by molar-refractivity contribution is -0.277. The molecule has 0 bridgehead atoms. The van der Waals surface area contributed by atoms with Gasteiger partial charge in [0.25, 0.3) is 0 Å². The van der Waals surface area contributed by atoms with Crippen LogP contribution in [0.4, 0.5) is 0 Å². The fourth-order valence-corrected chi connectivity index (χ4v) is 2.97. The van der Waals surface area contributed by atoms with E-state index in [-0.39, 0.29) is 0 Å². The molecule has 4 N–H and O–H groups in total. The number of ether oxygens (including phenoxy) is 3. The van der Waals surface area contributed by atoms with Gasteiger partial charge in [-0.25, -0.2) is 4.79 Å². The summed E-state index contributed by atoms with van der Waals surface area (Å²) in [5.74, 6) is -0.0679. The fraction of sp³-hybridized carbons (Fsp3) is 0.350. The van der Waals surface area contributed by atoms with Crippen molar-refractivity contribution in [3.8, 4) is 16.9 Å². The third-order valence-corrected chi connectivity index (χ3v) is 4.57. The monoisotopic (exact) mass is 390 g/mol. The smallest absolute Gasteiger partial charge is 0.337 e. The molecule has 28 heavy (non-hydrogen) atoms. The summed E-state index contributed by atoms with van der Waals surface area (Å²) in [6.07, 6.45) is -6.71. The number of aliphatic hydroxyl groups is 4. The standard InChI is InChI=1S/C20H22O8/c1-26-19(25)13-4-2-3-12(9-13)11-5-7-14(8-6-11)27-20-18(24)17(23)16(22)15(10-21)28-20/h2-9,15-18,20-24H,10H2,1H3. The Kier molecular flexibility index (Phi) is 6.28. The lowest BCUT2D eigenvalue weighted by atomic mass is 9.99. The van der Waals surface area contributed by atoms with Crippen LogP contribution in [0.1, 0.15) is 10.4 Å². The van der Waals surface area contributed by atoms with E-state index in [2.05, 4.69) is 0 Å². The summed E-state index contributed by atoms with van der Waals surface area (Å²) in [6, 6.07) is 13.8. The van der Waals surface area contributed by atoms with Crippen LogP contribution in [0.5, 0.6) is 5.75 Å². The number of aliphatic hydroxyl groups excluding tert-OH is 4. The highest BCUT2D eigenvalue weighted by molar-refractivity contribution is 5.90. The second kappa shape index (κ2) is 8.68. The van der Waals surface area contributed by atoms with Crippen molar-refractivity contribution in [3.63, 3.8) is 0 Å². The van der Waals surface area contributed by atoms with Crippen LogP contribution in [0.3, 0.4) is 0 Å². The molecule has 1 heterocycles. The predicted molar refractivity (Wildman–Crippen MR) is 97.6 cm³/mol. The highest BCUT2D eigenvalue weighted by Gasteiger charge is 2.44. The van der Waals surface area contributed by atoms with E-state index in [1.807, 2.05) is 6.07 Å². The van der Waals surface area contributed by atoms with Crippen LogP contribution in [-0.4, -0.2) is 70.8 Å². The Bertz CT molecular complexity index is 804. The van der Waals surface area contributed by atoms with Gasteiger partial charge in [-0.05, 0) is 35.4 Å². The van der Waals surface area contributed by atoms with Crippen molar-refractivity contribution in [1.29, 1.82) is 0 Å². The Labute approximate surface area is 161 Å². The molecule has 8 nitrogen and oxygen atoms in total. The molecule has 3 rings (SSSR count). The Morgan fingerprint density at radius 2 is 1.71 bits per heavy atom. The highest BCUT2D eigenvalue weighted by atomic mass is 16.7. The van der Waals surface area contributed by atoms with E-state index in [4.69, 9.17) is 14.2 Å². The summed E-state index contributed by atoms with van der Waals surface area (Å²) >= 11 is 0. The molecule has 1 fully saturated rings. The first-order valence-electron chi connectivity index (χ1n) is 8.70. The third-order valence-electron chi connectivity index (χ3n) is 4.57. The molecule has 150 valence electrons. The van der Waals surface area contributed by atoms with Crippen LogP contribution in [0, 0.1) is 0 Å². The minimum absolute atomic E-state index is 0.359. The molecule has 5 unspecified atom stereocenters. The van der Waals surface area contributed by atoms with Gasteiger partial charge in [0.05, 0.1) is 19.3 Å². The molecule has 0 aromatic heterocycles. The summed E-state index contributed by atoms with van der Waals surface area (Å²) < 4.78 is 15.6. The van der Waals surface area contributed by atoms with E-state index in [1.54, 1.807) is 42.5 Å². The minimum Gasteiger partial charge on any atom is -0.465 e. The number of hydrogen-bond acceptors (Lipinski definition) is 8. The molecular formula is C20H22O8. The first-order valence-corrected chi connectivity index (χ1v) is 8.70. The summed E-state index contributed by atoms with van der Waals surface area (Å²) in [6.45, 7) is -0.528. The van der Waals surface area contributed by atoms with Crippen LogP contribution in [0.2, 0.25) is 0 Å². The maximum absolute atomic E-state index is 11.7. The Morgan fingerprint density at radius 1 is 1.00 bits per heavy atom. The summed E-state index contributed by atoms with van der Waals surface area (Å²) in [5, 5.41) is 38.9. The first-order chi connectivity index (χ1) is 13.4. The van der Waals surface area contributed by atoms with Crippen molar-refractivity contribution in [2.24, 2.45) is 0 Å². The topological polar surface area (TPSA) is 126 Å². The number of rotatable bonds is 5. The number of methoxy groups -OCH3 is 1. The molecule has 0 spiro atoms. The van der Waals surface area contributed by atoms with Gasteiger partial charge in [-0.15, -0.1) is 0 Å². The molecule has 0 amide bonds. The second-order valence-electron chi connectivity index (χ2n) is 6.41. The second-order valence-corrected chi connectivity index (χ2v) is 6.41. The lowest BCUT2D eigenvalue weighted by Crippen LogP contribution is -2.60. The SMILES string of the molecule is COC(=O)c1cccc(-c2ccc(OC3OC(CO)C(O)C(O)C3O)cc2)c1. The van der Waals surface area contributed by atoms with Gasteiger partial charge in [-0.3, -0.25) is 0 Å². The molecule has 0 radical (unpaired) electrons. The Balaban J connectivity index is 1.74. The molecule has 5 atom stereocenters. The van der Waals surface area contributed by atoms with Gasteiger partial charge in [0.2, 0.25) is 6.29 Å². The van der Waals surface area contributed by atoms with Gasteiger partial charge in [-0.1, -0.05) is 24.3 Å². The van der Waals surface area contributed by atoms with Gasteiger partial charge in [0.15, 0.2) is 0 Å². The zero-order chi connectivity index (χ0) is 20.3. The number of benzene rings is 2. The van der Waals surface area contributed by atoms with Crippen molar-refractivity contribution in [2.75, 3.05) is 13.7 Å². The van der Waals surface area contributed by atoms with Crippen molar-refractivity contribution in [1.82, 2.24) is 0 Å². The largest absolute Gasteiger partial charge is 0.465 e. The van der Waals surface area contributed by atoms with Crippen LogP contribution >= 0.6 is 0 Å². The average molecular weight is 390 g/mol. The number of esters is 1. The molecule has 1 saturated heterocycles. The van der Waals surface area contributed by atoms with Crippen LogP contribution in [-0.2, 0) is 9.47 Å². The van der Waals surface area contributed by atoms with E-state index in [0.29, 0.717) is 11.3 Å². The molecule has 1 aliphatic rings. The van der Waals surface area contributed by atoms with Crippen molar-refractivity contribution < 1.29 is 39.4 Å². The maximum atomic E-state index is 11.7.